The van der Waals surface area contributed by atoms with Crippen LogP contribution < -0.4 is 5.14 Å². The maximum absolute atomic E-state index is 11.5. The van der Waals surface area contributed by atoms with Crippen LogP contribution in [0, 0.1) is 0 Å². The molecule has 1 aromatic rings. The predicted octanol–water partition coefficient (Wildman–Crippen LogP) is 0.607. The Hall–Kier alpha value is -0.990. The first-order valence-electron chi connectivity index (χ1n) is 5.73. The van der Waals surface area contributed by atoms with E-state index >= 15 is 0 Å². The third kappa shape index (κ3) is 3.50. The van der Waals surface area contributed by atoms with Crippen LogP contribution >= 0.6 is 0 Å². The van der Waals surface area contributed by atoms with Gasteiger partial charge in [-0.15, -0.1) is 10.2 Å². The van der Waals surface area contributed by atoms with Crippen molar-refractivity contribution in [1.29, 1.82) is 0 Å². The molecule has 8 heteroatoms. The molecule has 0 unspecified atom stereocenters. The molecule has 104 valence electrons. The van der Waals surface area contributed by atoms with Crippen LogP contribution in [0.25, 0.3) is 0 Å². The second-order valence-electron chi connectivity index (χ2n) is 5.00. The van der Waals surface area contributed by atoms with Crippen LogP contribution in [0.2, 0.25) is 0 Å². The van der Waals surface area contributed by atoms with E-state index in [1.54, 1.807) is 0 Å². The lowest BCUT2D eigenvalue weighted by Crippen LogP contribution is -2.30. The molecule has 18 heavy (non-hydrogen) atoms. The molecule has 2 N–H and O–H groups in total. The van der Waals surface area contributed by atoms with Crippen LogP contribution in [0.3, 0.4) is 0 Å². The van der Waals surface area contributed by atoms with Gasteiger partial charge in [0.2, 0.25) is 0 Å². The number of nitrogens with zero attached hydrogens (tertiary/aromatic N) is 3. The van der Waals surface area contributed by atoms with E-state index in [0.717, 1.165) is 6.42 Å². The molecular formula is C10H20N4O3S. The minimum absolute atomic E-state index is 0.216. The van der Waals surface area contributed by atoms with E-state index in [2.05, 4.69) is 10.2 Å². The van der Waals surface area contributed by atoms with Crippen molar-refractivity contribution in [3.63, 3.8) is 0 Å². The van der Waals surface area contributed by atoms with Gasteiger partial charge in [0, 0.05) is 12.1 Å². The summed E-state index contributed by atoms with van der Waals surface area (Å²) < 4.78 is 29.8. The smallest absolute Gasteiger partial charge is 0.273 e. The van der Waals surface area contributed by atoms with Gasteiger partial charge in [0.05, 0.1) is 0 Å². The molecule has 0 saturated heterocycles. The van der Waals surface area contributed by atoms with Crippen LogP contribution in [-0.2, 0) is 26.9 Å². The van der Waals surface area contributed by atoms with E-state index < -0.39 is 15.6 Å². The van der Waals surface area contributed by atoms with Crippen molar-refractivity contribution in [2.24, 2.45) is 5.14 Å². The van der Waals surface area contributed by atoms with Gasteiger partial charge in [0.1, 0.15) is 6.61 Å². The standard InChI is InChI=1S/C10H20N4O3S/c1-5-6-17-7-8-12-13-9(18(11,15)16)14(8)10(2,3)4/h5-7H2,1-4H3,(H2,11,15,16). The maximum Gasteiger partial charge on any atom is 0.273 e. The average molecular weight is 276 g/mol. The third-order valence-corrected chi connectivity index (χ3v) is 2.98. The molecule has 1 aromatic heterocycles. The highest BCUT2D eigenvalue weighted by Gasteiger charge is 2.28. The summed E-state index contributed by atoms with van der Waals surface area (Å²) in [6.07, 6.45) is 0.881. The number of primary sulfonamides is 1. The Kier molecular flexibility index (Phi) is 4.46. The average Bonchev–Trinajstić information content (AvgIpc) is 2.60. The van der Waals surface area contributed by atoms with Crippen LogP contribution in [0.4, 0.5) is 0 Å². The third-order valence-electron chi connectivity index (χ3n) is 2.21. The Labute approximate surface area is 107 Å². The van der Waals surface area contributed by atoms with Crippen molar-refractivity contribution in [1.82, 2.24) is 14.8 Å². The van der Waals surface area contributed by atoms with Crippen LogP contribution in [0.5, 0.6) is 0 Å². The zero-order valence-electron chi connectivity index (χ0n) is 11.2. The fourth-order valence-electron chi connectivity index (χ4n) is 1.56. The van der Waals surface area contributed by atoms with Gasteiger partial charge in [-0.05, 0) is 27.2 Å². The summed E-state index contributed by atoms with van der Waals surface area (Å²) in [5.74, 6) is 0.458. The van der Waals surface area contributed by atoms with E-state index in [1.807, 2.05) is 27.7 Å². The second-order valence-corrected chi connectivity index (χ2v) is 6.46. The Balaban J connectivity index is 3.17. The van der Waals surface area contributed by atoms with E-state index in [1.165, 1.54) is 4.57 Å². The molecule has 0 bridgehead atoms. The molecule has 0 atom stereocenters. The molecule has 0 saturated carbocycles. The van der Waals surface area contributed by atoms with Gasteiger partial charge in [-0.3, -0.25) is 4.57 Å². The molecule has 0 aliphatic carbocycles. The number of rotatable bonds is 5. The summed E-state index contributed by atoms with van der Waals surface area (Å²) in [6.45, 7) is 8.36. The lowest BCUT2D eigenvalue weighted by atomic mass is 10.1. The summed E-state index contributed by atoms with van der Waals surface area (Å²) >= 11 is 0. The van der Waals surface area contributed by atoms with Crippen molar-refractivity contribution >= 4 is 10.0 Å². The fourth-order valence-corrected chi connectivity index (χ4v) is 2.35. The molecule has 0 amide bonds. The molecule has 1 heterocycles. The first-order chi connectivity index (χ1) is 8.18. The van der Waals surface area contributed by atoms with Crippen molar-refractivity contribution in [2.75, 3.05) is 6.61 Å². The summed E-state index contributed by atoms with van der Waals surface area (Å²) in [4.78, 5) is 0. The fraction of sp³-hybridized carbons (Fsp3) is 0.800. The minimum Gasteiger partial charge on any atom is -0.373 e. The van der Waals surface area contributed by atoms with Gasteiger partial charge >= 0.3 is 0 Å². The number of hydrogen-bond donors (Lipinski definition) is 1. The topological polar surface area (TPSA) is 100 Å². The van der Waals surface area contributed by atoms with Gasteiger partial charge < -0.3 is 4.74 Å². The molecular weight excluding hydrogens is 256 g/mol. The van der Waals surface area contributed by atoms with E-state index in [-0.39, 0.29) is 11.8 Å². The normalized spacial score (nSPS) is 12.9. The maximum atomic E-state index is 11.5. The molecule has 0 aliphatic heterocycles. The highest BCUT2D eigenvalue weighted by Crippen LogP contribution is 2.21. The summed E-state index contributed by atoms with van der Waals surface area (Å²) in [5, 5.41) is 12.4. The van der Waals surface area contributed by atoms with Gasteiger partial charge in [-0.25, -0.2) is 13.6 Å². The van der Waals surface area contributed by atoms with E-state index in [0.29, 0.717) is 12.4 Å². The van der Waals surface area contributed by atoms with Crippen molar-refractivity contribution in [2.45, 2.75) is 51.4 Å². The lowest BCUT2D eigenvalue weighted by Gasteiger charge is -2.24. The number of nitrogens with two attached hydrogens (primary N) is 1. The van der Waals surface area contributed by atoms with Crippen molar-refractivity contribution in [3.05, 3.63) is 5.82 Å². The lowest BCUT2D eigenvalue weighted by molar-refractivity contribution is 0.109. The predicted molar refractivity (Wildman–Crippen MR) is 66.3 cm³/mol. The monoisotopic (exact) mass is 276 g/mol. The zero-order chi connectivity index (χ0) is 14.0. The summed E-state index contributed by atoms with van der Waals surface area (Å²) in [6, 6.07) is 0. The zero-order valence-corrected chi connectivity index (χ0v) is 12.0. The van der Waals surface area contributed by atoms with Gasteiger partial charge in [0.15, 0.2) is 5.82 Å². The highest BCUT2D eigenvalue weighted by molar-refractivity contribution is 7.89. The van der Waals surface area contributed by atoms with Gasteiger partial charge in [-0.2, -0.15) is 0 Å². The Bertz CT molecular complexity index is 502. The van der Waals surface area contributed by atoms with Gasteiger partial charge in [0.25, 0.3) is 15.2 Å². The molecule has 0 spiro atoms. The highest BCUT2D eigenvalue weighted by atomic mass is 32.2. The van der Waals surface area contributed by atoms with Crippen molar-refractivity contribution in [3.8, 4) is 0 Å². The molecule has 0 aliphatic rings. The largest absolute Gasteiger partial charge is 0.373 e. The van der Waals surface area contributed by atoms with Crippen LogP contribution in [0.15, 0.2) is 5.16 Å². The summed E-state index contributed by atoms with van der Waals surface area (Å²) in [5.41, 5.74) is -0.490. The quantitative estimate of drug-likeness (QED) is 0.794. The van der Waals surface area contributed by atoms with Gasteiger partial charge in [-0.1, -0.05) is 6.92 Å². The van der Waals surface area contributed by atoms with Crippen molar-refractivity contribution < 1.29 is 13.2 Å². The molecule has 0 aromatic carbocycles. The van der Waals surface area contributed by atoms with Crippen LogP contribution in [-0.4, -0.2) is 29.8 Å². The second kappa shape index (κ2) is 5.33. The minimum atomic E-state index is -3.89. The molecule has 0 radical (unpaired) electrons. The Morgan fingerprint density at radius 3 is 2.39 bits per heavy atom. The van der Waals surface area contributed by atoms with E-state index in [4.69, 9.17) is 9.88 Å². The summed E-state index contributed by atoms with van der Waals surface area (Å²) in [7, 11) is -3.89. The number of sulfonamides is 1. The Morgan fingerprint density at radius 1 is 1.33 bits per heavy atom. The number of hydrogen-bond acceptors (Lipinski definition) is 5. The SMILES string of the molecule is CCCOCc1nnc(S(N)(=O)=O)n1C(C)(C)C. The molecule has 1 rings (SSSR count). The first-order valence-corrected chi connectivity index (χ1v) is 7.28. The molecule has 0 fully saturated rings. The number of aromatic nitrogens is 3. The van der Waals surface area contributed by atoms with Crippen LogP contribution in [0.1, 0.15) is 39.9 Å². The molecule has 7 nitrogen and oxygen atoms in total. The number of ether oxygens (including phenoxy) is 1. The Morgan fingerprint density at radius 2 is 1.94 bits per heavy atom. The first kappa shape index (κ1) is 15.1. The van der Waals surface area contributed by atoms with E-state index in [9.17, 15) is 8.42 Å².